The molecule has 0 bridgehead atoms. The number of benzene rings is 2. The SMILES string of the molecule is Cc1ccc(S(=O)(=O)N2[C@H](Cc3ccccc3)C[C@H]2[N+](=O)[O-])cc1. The van der Waals surface area contributed by atoms with Gasteiger partial charge in [0.25, 0.3) is 6.17 Å². The van der Waals surface area contributed by atoms with Crippen molar-refractivity contribution in [3.05, 3.63) is 75.8 Å². The number of hydrogen-bond acceptors (Lipinski definition) is 4. The Kier molecular flexibility index (Phi) is 4.38. The van der Waals surface area contributed by atoms with E-state index in [0.29, 0.717) is 6.42 Å². The average molecular weight is 346 g/mol. The Morgan fingerprint density at radius 3 is 2.33 bits per heavy atom. The summed E-state index contributed by atoms with van der Waals surface area (Å²) in [6.45, 7) is 1.86. The molecule has 2 atom stereocenters. The van der Waals surface area contributed by atoms with Gasteiger partial charge in [-0.15, -0.1) is 4.31 Å². The number of nitrogens with zero attached hydrogens (tertiary/aromatic N) is 2. The molecule has 0 unspecified atom stereocenters. The van der Waals surface area contributed by atoms with E-state index in [1.165, 1.54) is 12.1 Å². The molecular formula is C17H18N2O4S. The van der Waals surface area contributed by atoms with Gasteiger partial charge < -0.3 is 0 Å². The van der Waals surface area contributed by atoms with E-state index < -0.39 is 27.2 Å². The van der Waals surface area contributed by atoms with Gasteiger partial charge in [0.1, 0.15) is 0 Å². The molecule has 0 aromatic heterocycles. The Balaban J connectivity index is 1.90. The summed E-state index contributed by atoms with van der Waals surface area (Å²) >= 11 is 0. The third-order valence-corrected chi connectivity index (χ3v) is 6.25. The van der Waals surface area contributed by atoms with Gasteiger partial charge in [-0.3, -0.25) is 10.1 Å². The van der Waals surface area contributed by atoms with Gasteiger partial charge in [0, 0.05) is 17.4 Å². The van der Waals surface area contributed by atoms with Crippen molar-refractivity contribution in [3.63, 3.8) is 0 Å². The Hall–Kier alpha value is -2.25. The monoisotopic (exact) mass is 346 g/mol. The maximum Gasteiger partial charge on any atom is 0.282 e. The molecule has 7 heteroatoms. The van der Waals surface area contributed by atoms with Crippen LogP contribution in [0, 0.1) is 17.0 Å². The molecule has 1 aliphatic heterocycles. The highest BCUT2D eigenvalue weighted by Crippen LogP contribution is 2.35. The number of sulfonamides is 1. The summed E-state index contributed by atoms with van der Waals surface area (Å²) < 4.78 is 26.8. The molecule has 1 fully saturated rings. The van der Waals surface area contributed by atoms with Gasteiger partial charge in [0.15, 0.2) is 0 Å². The average Bonchev–Trinajstić information content (AvgIpc) is 2.51. The van der Waals surface area contributed by atoms with Crippen LogP contribution in [0.3, 0.4) is 0 Å². The zero-order chi connectivity index (χ0) is 17.3. The molecule has 126 valence electrons. The van der Waals surface area contributed by atoms with E-state index in [-0.39, 0.29) is 11.3 Å². The second kappa shape index (κ2) is 6.33. The van der Waals surface area contributed by atoms with Crippen molar-refractivity contribution in [1.29, 1.82) is 0 Å². The van der Waals surface area contributed by atoms with Gasteiger partial charge in [0.2, 0.25) is 10.0 Å². The predicted molar refractivity (Wildman–Crippen MR) is 89.5 cm³/mol. The lowest BCUT2D eigenvalue weighted by atomic mass is 9.96. The van der Waals surface area contributed by atoms with Crippen LogP contribution in [0.5, 0.6) is 0 Å². The summed E-state index contributed by atoms with van der Waals surface area (Å²) in [5.41, 5.74) is 1.90. The smallest absolute Gasteiger partial charge is 0.263 e. The molecule has 0 N–H and O–H groups in total. The number of hydrogen-bond donors (Lipinski definition) is 0. The van der Waals surface area contributed by atoms with Crippen molar-refractivity contribution < 1.29 is 13.3 Å². The van der Waals surface area contributed by atoms with Gasteiger partial charge in [-0.2, -0.15) is 0 Å². The topological polar surface area (TPSA) is 80.5 Å². The minimum absolute atomic E-state index is 0.0951. The van der Waals surface area contributed by atoms with Crippen molar-refractivity contribution in [2.45, 2.75) is 36.9 Å². The fourth-order valence-electron chi connectivity index (χ4n) is 2.98. The van der Waals surface area contributed by atoms with E-state index in [1.807, 2.05) is 37.3 Å². The van der Waals surface area contributed by atoms with Gasteiger partial charge in [0.05, 0.1) is 4.90 Å². The number of rotatable bonds is 5. The largest absolute Gasteiger partial charge is 0.282 e. The second-order valence-corrected chi connectivity index (χ2v) is 7.84. The molecule has 6 nitrogen and oxygen atoms in total. The van der Waals surface area contributed by atoms with Crippen molar-refractivity contribution in [2.75, 3.05) is 0 Å². The van der Waals surface area contributed by atoms with Crippen LogP contribution < -0.4 is 0 Å². The van der Waals surface area contributed by atoms with Crippen molar-refractivity contribution in [1.82, 2.24) is 4.31 Å². The first-order chi connectivity index (χ1) is 11.4. The van der Waals surface area contributed by atoms with Crippen LogP contribution in [0.15, 0.2) is 59.5 Å². The standard InChI is InChI=1S/C17H18N2O4S/c1-13-7-9-16(10-8-13)24(22,23)18-15(12-17(18)19(20)21)11-14-5-3-2-4-6-14/h2-10,15,17H,11-12H2,1H3/t15-,17-/m1/s1. The molecule has 3 rings (SSSR count). The van der Waals surface area contributed by atoms with Gasteiger partial charge in [-0.05, 0) is 31.0 Å². The molecule has 1 aliphatic rings. The normalized spacial score (nSPS) is 21.2. The molecule has 0 saturated carbocycles. The Bertz CT molecular complexity index is 835. The number of nitro groups is 1. The highest BCUT2D eigenvalue weighted by molar-refractivity contribution is 7.89. The lowest BCUT2D eigenvalue weighted by Crippen LogP contribution is -2.62. The molecular weight excluding hydrogens is 328 g/mol. The first-order valence-corrected chi connectivity index (χ1v) is 9.11. The van der Waals surface area contributed by atoms with Crippen LogP contribution in [-0.4, -0.2) is 29.9 Å². The summed E-state index contributed by atoms with van der Waals surface area (Å²) in [4.78, 5) is 10.8. The summed E-state index contributed by atoms with van der Waals surface area (Å²) in [6, 6.07) is 15.4. The minimum atomic E-state index is -3.89. The highest BCUT2D eigenvalue weighted by Gasteiger charge is 2.53. The fraction of sp³-hybridized carbons (Fsp3) is 0.294. The van der Waals surface area contributed by atoms with Crippen LogP contribution >= 0.6 is 0 Å². The van der Waals surface area contributed by atoms with E-state index in [9.17, 15) is 18.5 Å². The van der Waals surface area contributed by atoms with E-state index >= 15 is 0 Å². The van der Waals surface area contributed by atoms with Crippen molar-refractivity contribution in [2.24, 2.45) is 0 Å². The molecule has 0 amide bonds. The van der Waals surface area contributed by atoms with E-state index in [0.717, 1.165) is 15.4 Å². The fourth-order valence-corrected chi connectivity index (χ4v) is 4.74. The van der Waals surface area contributed by atoms with E-state index in [1.54, 1.807) is 12.1 Å². The maximum absolute atomic E-state index is 12.9. The third kappa shape index (κ3) is 3.05. The third-order valence-electron chi connectivity index (χ3n) is 4.29. The quantitative estimate of drug-likeness (QED) is 0.616. The predicted octanol–water partition coefficient (Wildman–Crippen LogP) is 2.60. The first-order valence-electron chi connectivity index (χ1n) is 7.67. The zero-order valence-corrected chi connectivity index (χ0v) is 14.0. The maximum atomic E-state index is 12.9. The second-order valence-electron chi connectivity index (χ2n) is 5.99. The summed E-state index contributed by atoms with van der Waals surface area (Å²) in [5.74, 6) is 0. The molecule has 0 aliphatic carbocycles. The van der Waals surface area contributed by atoms with E-state index in [4.69, 9.17) is 0 Å². The van der Waals surface area contributed by atoms with Crippen LogP contribution in [0.25, 0.3) is 0 Å². The molecule has 0 spiro atoms. The summed E-state index contributed by atoms with van der Waals surface area (Å²) in [6.07, 6.45) is -0.492. The van der Waals surface area contributed by atoms with Crippen molar-refractivity contribution >= 4 is 10.0 Å². The Morgan fingerprint density at radius 2 is 1.75 bits per heavy atom. The van der Waals surface area contributed by atoms with Crippen LogP contribution in [0.4, 0.5) is 0 Å². The molecule has 2 aromatic rings. The Morgan fingerprint density at radius 1 is 1.12 bits per heavy atom. The Labute approximate surface area is 140 Å². The lowest BCUT2D eigenvalue weighted by molar-refractivity contribution is -0.564. The van der Waals surface area contributed by atoms with Gasteiger partial charge in [-0.1, -0.05) is 48.0 Å². The first kappa shape index (κ1) is 16.6. The molecule has 2 aromatic carbocycles. The summed E-state index contributed by atoms with van der Waals surface area (Å²) in [5, 5.41) is 11.2. The van der Waals surface area contributed by atoms with Gasteiger partial charge >= 0.3 is 0 Å². The molecule has 24 heavy (non-hydrogen) atoms. The van der Waals surface area contributed by atoms with Crippen molar-refractivity contribution in [3.8, 4) is 0 Å². The van der Waals surface area contributed by atoms with Crippen LogP contribution in [0.1, 0.15) is 17.5 Å². The van der Waals surface area contributed by atoms with Gasteiger partial charge in [-0.25, -0.2) is 8.42 Å². The minimum Gasteiger partial charge on any atom is -0.263 e. The molecule has 0 radical (unpaired) electrons. The zero-order valence-electron chi connectivity index (χ0n) is 13.2. The summed E-state index contributed by atoms with van der Waals surface area (Å²) in [7, 11) is -3.89. The molecule has 1 heterocycles. The molecule has 1 saturated heterocycles. The van der Waals surface area contributed by atoms with Crippen LogP contribution in [0.2, 0.25) is 0 Å². The van der Waals surface area contributed by atoms with E-state index in [2.05, 4.69) is 0 Å². The number of aryl methyl sites for hydroxylation is 1. The van der Waals surface area contributed by atoms with Crippen LogP contribution in [-0.2, 0) is 16.4 Å². The highest BCUT2D eigenvalue weighted by atomic mass is 32.2. The lowest BCUT2D eigenvalue weighted by Gasteiger charge is -2.41.